The molecule has 0 atom stereocenters. The predicted octanol–water partition coefficient (Wildman–Crippen LogP) is 5.57. The summed E-state index contributed by atoms with van der Waals surface area (Å²) in [5.41, 5.74) is 6.43. The molecule has 0 saturated heterocycles. The molecule has 2 aliphatic carbocycles. The Balaban J connectivity index is 2.21. The van der Waals surface area contributed by atoms with Crippen molar-refractivity contribution in [3.8, 4) is 0 Å². The molecule has 0 heterocycles. The fourth-order valence-electron chi connectivity index (χ4n) is 2.42. The fourth-order valence-corrected chi connectivity index (χ4v) is 2.42. The Kier molecular flexibility index (Phi) is 5.44. The van der Waals surface area contributed by atoms with E-state index < -0.39 is 0 Å². The maximum absolute atomic E-state index is 3.60. The lowest BCUT2D eigenvalue weighted by molar-refractivity contribution is 0.960. The van der Waals surface area contributed by atoms with E-state index in [0.717, 1.165) is 12.3 Å². The predicted molar refractivity (Wildman–Crippen MR) is 92.7 cm³/mol. The molecule has 0 aliphatic heterocycles. The van der Waals surface area contributed by atoms with Crippen molar-refractivity contribution in [2.75, 3.05) is 0 Å². The molecule has 1 N–H and O–H groups in total. The third-order valence-corrected chi connectivity index (χ3v) is 4.05. The largest absolute Gasteiger partial charge is 0.356 e. The molecule has 21 heavy (non-hydrogen) atoms. The van der Waals surface area contributed by atoms with Crippen molar-refractivity contribution < 1.29 is 0 Å². The molecule has 1 nitrogen and oxygen atoms in total. The van der Waals surface area contributed by atoms with Gasteiger partial charge in [0, 0.05) is 11.4 Å². The van der Waals surface area contributed by atoms with Crippen LogP contribution < -0.4 is 5.32 Å². The normalized spacial score (nSPS) is 29.8. The minimum absolute atomic E-state index is 0.817. The summed E-state index contributed by atoms with van der Waals surface area (Å²) in [6.07, 6.45) is 19.2. The Morgan fingerprint density at radius 2 is 2.05 bits per heavy atom. The van der Waals surface area contributed by atoms with Crippen LogP contribution in [0.3, 0.4) is 0 Å². The van der Waals surface area contributed by atoms with Gasteiger partial charge in [0.1, 0.15) is 0 Å². The highest BCUT2D eigenvalue weighted by Crippen LogP contribution is 2.36. The lowest BCUT2D eigenvalue weighted by Crippen LogP contribution is -2.13. The maximum Gasteiger partial charge on any atom is 0.0416 e. The second-order valence-corrected chi connectivity index (χ2v) is 6.05. The quantitative estimate of drug-likeness (QED) is 0.664. The second-order valence-electron chi connectivity index (χ2n) is 6.05. The van der Waals surface area contributed by atoms with Gasteiger partial charge < -0.3 is 5.32 Å². The van der Waals surface area contributed by atoms with E-state index in [1.54, 1.807) is 0 Å². The summed E-state index contributed by atoms with van der Waals surface area (Å²) in [6, 6.07) is 0. The summed E-state index contributed by atoms with van der Waals surface area (Å²) >= 11 is 0. The van der Waals surface area contributed by atoms with Crippen molar-refractivity contribution in [3.63, 3.8) is 0 Å². The smallest absolute Gasteiger partial charge is 0.0416 e. The van der Waals surface area contributed by atoms with Crippen LogP contribution in [-0.4, -0.2) is 0 Å². The average Bonchev–Trinajstić information content (AvgIpc) is 3.28. The first kappa shape index (κ1) is 15.6. The molecule has 2 rings (SSSR count). The number of nitrogens with one attached hydrogen (secondary N) is 1. The average molecular weight is 281 g/mol. The van der Waals surface area contributed by atoms with Crippen LogP contribution in [0.2, 0.25) is 0 Å². The van der Waals surface area contributed by atoms with Gasteiger partial charge in [0.2, 0.25) is 0 Å². The van der Waals surface area contributed by atoms with Gasteiger partial charge in [0.15, 0.2) is 0 Å². The molecule has 112 valence electrons. The standard InChI is InChI=1S/C20H27N/c1-5-19(14-17(4)18-11-12-18)21-20-13-15(2)9-7-6-8-10-16(20)3/h5-6,8-10,13-14,18,21H,7,11-12H2,1-4H3/b8-6-,15-9-,16-10+,17-14+,19-5+,20-13+. The number of allylic oxidation sites excluding steroid dienone is 10. The monoisotopic (exact) mass is 281 g/mol. The summed E-state index contributed by atoms with van der Waals surface area (Å²) in [4.78, 5) is 0. The third kappa shape index (κ3) is 4.93. The van der Waals surface area contributed by atoms with E-state index in [0.29, 0.717) is 0 Å². The van der Waals surface area contributed by atoms with Gasteiger partial charge in [-0.15, -0.1) is 0 Å². The van der Waals surface area contributed by atoms with Gasteiger partial charge in [-0.05, 0) is 70.6 Å². The van der Waals surface area contributed by atoms with E-state index in [4.69, 9.17) is 0 Å². The van der Waals surface area contributed by atoms with Crippen molar-refractivity contribution in [1.82, 2.24) is 5.32 Å². The molecule has 1 fully saturated rings. The molecule has 0 bridgehead atoms. The van der Waals surface area contributed by atoms with Gasteiger partial charge in [0.05, 0.1) is 0 Å². The molecule has 0 unspecified atom stereocenters. The SMILES string of the molecule is C/C=C(\C=C(/C)C1CC1)NC1=C/C(C)=C\C/C=C\C=C\1C. The van der Waals surface area contributed by atoms with Crippen LogP contribution in [0.5, 0.6) is 0 Å². The first-order chi connectivity index (χ1) is 10.1. The molecule has 0 aromatic rings. The molecule has 0 aromatic carbocycles. The molecule has 2 aliphatic rings. The Morgan fingerprint density at radius 3 is 2.71 bits per heavy atom. The van der Waals surface area contributed by atoms with Gasteiger partial charge in [0.25, 0.3) is 0 Å². The van der Waals surface area contributed by atoms with Crippen LogP contribution in [0.1, 0.15) is 47.0 Å². The third-order valence-electron chi connectivity index (χ3n) is 4.05. The lowest BCUT2D eigenvalue weighted by atomic mass is 10.1. The van der Waals surface area contributed by atoms with Crippen LogP contribution >= 0.6 is 0 Å². The van der Waals surface area contributed by atoms with Crippen molar-refractivity contribution >= 4 is 0 Å². The Bertz CT molecular complexity index is 561. The zero-order chi connectivity index (χ0) is 15.2. The molecule has 0 radical (unpaired) electrons. The number of hydrogen-bond donors (Lipinski definition) is 1. The van der Waals surface area contributed by atoms with E-state index in [1.807, 2.05) is 0 Å². The summed E-state index contributed by atoms with van der Waals surface area (Å²) in [6.45, 7) is 8.66. The molecule has 1 heteroatoms. The number of hydrogen-bond acceptors (Lipinski definition) is 1. The molecule has 0 aromatic heterocycles. The van der Waals surface area contributed by atoms with Crippen LogP contribution in [0.15, 0.2) is 70.6 Å². The van der Waals surface area contributed by atoms with Crippen LogP contribution in [0.4, 0.5) is 0 Å². The van der Waals surface area contributed by atoms with Crippen molar-refractivity contribution in [2.24, 2.45) is 5.92 Å². The van der Waals surface area contributed by atoms with Crippen LogP contribution in [0.25, 0.3) is 0 Å². The maximum atomic E-state index is 3.60. The molecule has 1 saturated carbocycles. The summed E-state index contributed by atoms with van der Waals surface area (Å²) in [5, 5.41) is 3.60. The Morgan fingerprint density at radius 1 is 1.29 bits per heavy atom. The van der Waals surface area contributed by atoms with E-state index in [1.165, 1.54) is 41.0 Å². The fraction of sp³-hybridized carbons (Fsp3) is 0.400. The molecule has 0 amide bonds. The number of rotatable bonds is 4. The first-order valence-corrected chi connectivity index (χ1v) is 7.94. The highest BCUT2D eigenvalue weighted by Gasteiger charge is 2.22. The zero-order valence-electron chi connectivity index (χ0n) is 13.7. The summed E-state index contributed by atoms with van der Waals surface area (Å²) in [5.74, 6) is 0.817. The van der Waals surface area contributed by atoms with Crippen molar-refractivity contribution in [2.45, 2.75) is 47.0 Å². The van der Waals surface area contributed by atoms with Gasteiger partial charge >= 0.3 is 0 Å². The summed E-state index contributed by atoms with van der Waals surface area (Å²) < 4.78 is 0. The topological polar surface area (TPSA) is 12.0 Å². The minimum Gasteiger partial charge on any atom is -0.356 e. The van der Waals surface area contributed by atoms with Gasteiger partial charge in [-0.2, -0.15) is 0 Å². The van der Waals surface area contributed by atoms with Crippen LogP contribution in [0, 0.1) is 5.92 Å². The van der Waals surface area contributed by atoms with E-state index in [2.05, 4.69) is 75.5 Å². The van der Waals surface area contributed by atoms with Crippen molar-refractivity contribution in [3.05, 3.63) is 70.6 Å². The van der Waals surface area contributed by atoms with E-state index in [9.17, 15) is 0 Å². The first-order valence-electron chi connectivity index (χ1n) is 7.94. The van der Waals surface area contributed by atoms with Gasteiger partial charge in [-0.25, -0.2) is 0 Å². The Labute approximate surface area is 129 Å². The van der Waals surface area contributed by atoms with Gasteiger partial charge in [-0.1, -0.05) is 41.5 Å². The minimum atomic E-state index is 0.817. The van der Waals surface area contributed by atoms with Crippen LogP contribution in [-0.2, 0) is 0 Å². The second kappa shape index (κ2) is 7.31. The molecular formula is C20H27N. The summed E-state index contributed by atoms with van der Waals surface area (Å²) in [7, 11) is 0. The highest BCUT2D eigenvalue weighted by atomic mass is 14.9. The van der Waals surface area contributed by atoms with Gasteiger partial charge in [-0.3, -0.25) is 0 Å². The van der Waals surface area contributed by atoms with Crippen molar-refractivity contribution in [1.29, 1.82) is 0 Å². The highest BCUT2D eigenvalue weighted by molar-refractivity contribution is 5.41. The lowest BCUT2D eigenvalue weighted by Gasteiger charge is -2.14. The molecular weight excluding hydrogens is 254 g/mol. The molecule has 0 spiro atoms. The van der Waals surface area contributed by atoms with E-state index >= 15 is 0 Å². The Hall–Kier alpha value is -1.76. The zero-order valence-corrected chi connectivity index (χ0v) is 13.7. The van der Waals surface area contributed by atoms with E-state index in [-0.39, 0.29) is 0 Å².